The number of carbonyl (C=O) groups is 1. The highest BCUT2D eigenvalue weighted by Crippen LogP contribution is 2.29. The fourth-order valence-electron chi connectivity index (χ4n) is 2.13. The summed E-state index contributed by atoms with van der Waals surface area (Å²) >= 11 is 0. The molecular weight excluding hydrogens is 296 g/mol. The zero-order valence-electron chi connectivity index (χ0n) is 13.8. The Hall–Kier alpha value is -2.47. The Morgan fingerprint density at radius 2 is 2.09 bits per heavy atom. The summed E-state index contributed by atoms with van der Waals surface area (Å²) in [5, 5.41) is 2.88. The third-order valence-electron chi connectivity index (χ3n) is 3.69. The van der Waals surface area contributed by atoms with E-state index in [1.54, 1.807) is 38.7 Å². The Labute approximate surface area is 136 Å². The normalized spacial score (nSPS) is 12.0. The lowest BCUT2D eigenvalue weighted by molar-refractivity contribution is -0.120. The maximum Gasteiger partial charge on any atom is 0.241 e. The van der Waals surface area contributed by atoms with E-state index in [1.807, 2.05) is 31.0 Å². The SMILES string of the molecule is COc1ccc(OC)c(NC(=O)C(C)N(C)Cc2ccco2)c1. The summed E-state index contributed by atoms with van der Waals surface area (Å²) < 4.78 is 15.8. The molecule has 23 heavy (non-hydrogen) atoms. The van der Waals surface area contributed by atoms with Gasteiger partial charge in [-0.25, -0.2) is 0 Å². The molecule has 1 heterocycles. The van der Waals surface area contributed by atoms with Crippen molar-refractivity contribution in [3.05, 3.63) is 42.4 Å². The van der Waals surface area contributed by atoms with Crippen LogP contribution in [0.25, 0.3) is 0 Å². The van der Waals surface area contributed by atoms with E-state index in [1.165, 1.54) is 0 Å². The van der Waals surface area contributed by atoms with Crippen molar-refractivity contribution in [1.82, 2.24) is 4.90 Å². The summed E-state index contributed by atoms with van der Waals surface area (Å²) in [6, 6.07) is 8.64. The molecule has 1 N–H and O–H groups in total. The predicted molar refractivity (Wildman–Crippen MR) is 87.8 cm³/mol. The van der Waals surface area contributed by atoms with Crippen molar-refractivity contribution < 1.29 is 18.7 Å². The highest BCUT2D eigenvalue weighted by molar-refractivity contribution is 5.96. The number of nitrogens with zero attached hydrogens (tertiary/aromatic N) is 1. The van der Waals surface area contributed by atoms with Gasteiger partial charge in [-0.15, -0.1) is 0 Å². The first kappa shape index (κ1) is 16.9. The molecule has 6 heteroatoms. The molecule has 0 aliphatic heterocycles. The van der Waals surface area contributed by atoms with Crippen LogP contribution in [-0.4, -0.2) is 38.1 Å². The van der Waals surface area contributed by atoms with E-state index >= 15 is 0 Å². The first-order valence-corrected chi connectivity index (χ1v) is 7.30. The van der Waals surface area contributed by atoms with Crippen LogP contribution in [0, 0.1) is 0 Å². The first-order chi connectivity index (χ1) is 11.0. The Morgan fingerprint density at radius 1 is 1.30 bits per heavy atom. The molecule has 2 aromatic rings. The minimum Gasteiger partial charge on any atom is -0.497 e. The van der Waals surface area contributed by atoms with Crippen molar-refractivity contribution >= 4 is 11.6 Å². The number of methoxy groups -OCH3 is 2. The minimum atomic E-state index is -0.337. The maximum atomic E-state index is 12.5. The predicted octanol–water partition coefficient (Wildman–Crippen LogP) is 2.76. The average molecular weight is 318 g/mol. The number of likely N-dealkylation sites (N-methyl/N-ethyl adjacent to an activating group) is 1. The lowest BCUT2D eigenvalue weighted by atomic mass is 10.2. The van der Waals surface area contributed by atoms with Gasteiger partial charge in [-0.2, -0.15) is 0 Å². The van der Waals surface area contributed by atoms with Gasteiger partial charge >= 0.3 is 0 Å². The molecular formula is C17H22N2O4. The molecule has 0 aliphatic rings. The molecule has 6 nitrogen and oxygen atoms in total. The van der Waals surface area contributed by atoms with E-state index in [2.05, 4.69) is 5.32 Å². The molecule has 0 saturated carbocycles. The van der Waals surface area contributed by atoms with Crippen molar-refractivity contribution in [2.45, 2.75) is 19.5 Å². The Morgan fingerprint density at radius 3 is 2.70 bits per heavy atom. The number of nitrogens with one attached hydrogen (secondary N) is 1. The van der Waals surface area contributed by atoms with Crippen molar-refractivity contribution in [2.24, 2.45) is 0 Å². The van der Waals surface area contributed by atoms with Gasteiger partial charge in [-0.1, -0.05) is 0 Å². The van der Waals surface area contributed by atoms with Crippen molar-refractivity contribution in [1.29, 1.82) is 0 Å². The molecule has 1 atom stereocenters. The monoisotopic (exact) mass is 318 g/mol. The van der Waals surface area contributed by atoms with Crippen LogP contribution < -0.4 is 14.8 Å². The number of benzene rings is 1. The lowest BCUT2D eigenvalue weighted by Crippen LogP contribution is -2.39. The van der Waals surface area contributed by atoms with Crippen LogP contribution in [-0.2, 0) is 11.3 Å². The minimum absolute atomic E-state index is 0.134. The van der Waals surface area contributed by atoms with Gasteiger partial charge in [0.2, 0.25) is 5.91 Å². The van der Waals surface area contributed by atoms with E-state index in [0.717, 1.165) is 5.76 Å². The molecule has 0 spiro atoms. The third-order valence-corrected chi connectivity index (χ3v) is 3.69. The molecule has 0 fully saturated rings. The highest BCUT2D eigenvalue weighted by Gasteiger charge is 2.20. The van der Waals surface area contributed by atoms with E-state index in [0.29, 0.717) is 23.7 Å². The Kier molecular flexibility index (Phi) is 5.65. The molecule has 124 valence electrons. The van der Waals surface area contributed by atoms with Gasteiger partial charge in [-0.3, -0.25) is 9.69 Å². The van der Waals surface area contributed by atoms with Gasteiger partial charge in [0, 0.05) is 6.07 Å². The second-order valence-corrected chi connectivity index (χ2v) is 5.23. The third kappa shape index (κ3) is 4.26. The first-order valence-electron chi connectivity index (χ1n) is 7.30. The summed E-state index contributed by atoms with van der Waals surface area (Å²) in [5.41, 5.74) is 0.579. The number of rotatable bonds is 7. The van der Waals surface area contributed by atoms with Gasteiger partial charge in [0.15, 0.2) is 0 Å². The zero-order chi connectivity index (χ0) is 16.8. The number of carbonyl (C=O) groups excluding carboxylic acids is 1. The fraction of sp³-hybridized carbons (Fsp3) is 0.353. The van der Waals surface area contributed by atoms with Crippen LogP contribution in [0.5, 0.6) is 11.5 Å². The van der Waals surface area contributed by atoms with E-state index in [-0.39, 0.29) is 11.9 Å². The quantitative estimate of drug-likeness (QED) is 0.850. The summed E-state index contributed by atoms with van der Waals surface area (Å²) in [5.74, 6) is 1.91. The van der Waals surface area contributed by atoms with Gasteiger partial charge in [0.1, 0.15) is 17.3 Å². The number of hydrogen-bond acceptors (Lipinski definition) is 5. The van der Waals surface area contributed by atoms with Crippen LogP contribution in [0.1, 0.15) is 12.7 Å². The molecule has 0 saturated heterocycles. The number of ether oxygens (including phenoxy) is 2. The Balaban J connectivity index is 2.05. The summed E-state index contributed by atoms with van der Waals surface area (Å²) in [6.07, 6.45) is 1.62. The summed E-state index contributed by atoms with van der Waals surface area (Å²) in [6.45, 7) is 2.39. The molecule has 0 bridgehead atoms. The van der Waals surface area contributed by atoms with E-state index < -0.39 is 0 Å². The van der Waals surface area contributed by atoms with Crippen LogP contribution >= 0.6 is 0 Å². The highest BCUT2D eigenvalue weighted by atomic mass is 16.5. The number of amides is 1. The summed E-state index contributed by atoms with van der Waals surface area (Å²) in [4.78, 5) is 14.4. The second-order valence-electron chi connectivity index (χ2n) is 5.23. The van der Waals surface area contributed by atoms with Crippen LogP contribution in [0.4, 0.5) is 5.69 Å². The van der Waals surface area contributed by atoms with Crippen LogP contribution in [0.3, 0.4) is 0 Å². The lowest BCUT2D eigenvalue weighted by Gasteiger charge is -2.23. The topological polar surface area (TPSA) is 63.9 Å². The molecule has 1 unspecified atom stereocenters. The fourth-order valence-corrected chi connectivity index (χ4v) is 2.13. The van der Waals surface area contributed by atoms with Crippen LogP contribution in [0.15, 0.2) is 41.0 Å². The standard InChI is InChI=1S/C17H22N2O4/c1-12(19(2)11-14-6-5-9-23-14)17(20)18-15-10-13(21-3)7-8-16(15)22-4/h5-10,12H,11H2,1-4H3,(H,18,20). The number of hydrogen-bond donors (Lipinski definition) is 1. The largest absolute Gasteiger partial charge is 0.497 e. The van der Waals surface area contributed by atoms with E-state index in [9.17, 15) is 4.79 Å². The molecule has 1 aromatic heterocycles. The molecule has 1 amide bonds. The van der Waals surface area contributed by atoms with Crippen LogP contribution in [0.2, 0.25) is 0 Å². The molecule has 0 radical (unpaired) electrons. The van der Waals surface area contributed by atoms with Crippen molar-refractivity contribution in [2.75, 3.05) is 26.6 Å². The Bertz CT molecular complexity index is 640. The zero-order valence-corrected chi connectivity index (χ0v) is 13.8. The van der Waals surface area contributed by atoms with Crippen molar-refractivity contribution in [3.63, 3.8) is 0 Å². The average Bonchev–Trinajstić information content (AvgIpc) is 3.06. The van der Waals surface area contributed by atoms with Crippen molar-refractivity contribution in [3.8, 4) is 11.5 Å². The molecule has 1 aromatic carbocycles. The summed E-state index contributed by atoms with van der Waals surface area (Å²) in [7, 11) is 5.01. The van der Waals surface area contributed by atoms with Gasteiger partial charge < -0.3 is 19.2 Å². The van der Waals surface area contributed by atoms with Gasteiger partial charge in [-0.05, 0) is 38.2 Å². The molecule has 0 aliphatic carbocycles. The smallest absolute Gasteiger partial charge is 0.241 e. The van der Waals surface area contributed by atoms with Gasteiger partial charge in [0.25, 0.3) is 0 Å². The number of furan rings is 1. The number of anilines is 1. The van der Waals surface area contributed by atoms with E-state index in [4.69, 9.17) is 13.9 Å². The maximum absolute atomic E-state index is 12.5. The molecule has 2 rings (SSSR count). The van der Waals surface area contributed by atoms with Gasteiger partial charge in [0.05, 0.1) is 38.8 Å². The second kappa shape index (κ2) is 7.69.